The fourth-order valence-electron chi connectivity index (χ4n) is 3.81. The molecule has 2 aliphatic rings. The second-order valence-electron chi connectivity index (χ2n) is 6.93. The van der Waals surface area contributed by atoms with Crippen LogP contribution in [0.4, 0.5) is 0 Å². The van der Waals surface area contributed by atoms with E-state index in [4.69, 9.17) is 9.47 Å². The Bertz CT molecular complexity index is 557. The smallest absolute Gasteiger partial charge is 0.233 e. The molecule has 1 aliphatic carbocycles. The van der Waals surface area contributed by atoms with Crippen molar-refractivity contribution in [1.29, 1.82) is 0 Å². The number of ether oxygens (including phenoxy) is 2. The van der Waals surface area contributed by atoms with E-state index < -0.39 is 0 Å². The minimum absolute atomic E-state index is 0.110. The molecule has 0 spiro atoms. The first kappa shape index (κ1) is 17.9. The Hall–Kier alpha value is -1.88. The van der Waals surface area contributed by atoms with Gasteiger partial charge in [0, 0.05) is 31.8 Å². The van der Waals surface area contributed by atoms with Gasteiger partial charge in [-0.1, -0.05) is 18.2 Å². The lowest BCUT2D eigenvalue weighted by Crippen LogP contribution is -2.34. The number of aromatic nitrogens is 2. The van der Waals surface area contributed by atoms with Crippen LogP contribution < -0.4 is 9.47 Å². The molecule has 5 heteroatoms. The van der Waals surface area contributed by atoms with Crippen molar-refractivity contribution in [3.8, 4) is 11.8 Å². The zero-order valence-corrected chi connectivity index (χ0v) is 15.1. The molecule has 1 fully saturated rings. The van der Waals surface area contributed by atoms with Crippen LogP contribution in [0.5, 0.6) is 11.8 Å². The van der Waals surface area contributed by atoms with Crippen molar-refractivity contribution >= 4 is 0 Å². The van der Waals surface area contributed by atoms with E-state index >= 15 is 0 Å². The molecule has 1 saturated heterocycles. The van der Waals surface area contributed by atoms with Crippen LogP contribution in [0.25, 0.3) is 0 Å². The molecule has 2 heterocycles. The van der Waals surface area contributed by atoms with Gasteiger partial charge in [0.05, 0.1) is 6.61 Å². The highest BCUT2D eigenvalue weighted by atomic mass is 16.5. The number of fused-ring (bicyclic) bond motifs is 1. The first-order chi connectivity index (χ1) is 12.3. The highest BCUT2D eigenvalue weighted by Crippen LogP contribution is 2.33. The van der Waals surface area contributed by atoms with Gasteiger partial charge in [-0.2, -0.15) is 0 Å². The third-order valence-electron chi connectivity index (χ3n) is 5.05. The van der Waals surface area contributed by atoms with Crippen LogP contribution in [-0.2, 0) is 0 Å². The highest BCUT2D eigenvalue weighted by Gasteiger charge is 2.33. The normalized spacial score (nSPS) is 23.9. The first-order valence-electron chi connectivity index (χ1n) is 9.40. The second-order valence-corrected chi connectivity index (χ2v) is 6.93. The molecule has 1 aliphatic heterocycles. The van der Waals surface area contributed by atoms with Crippen molar-refractivity contribution in [3.63, 3.8) is 0 Å². The molecule has 5 nitrogen and oxygen atoms in total. The molecule has 0 amide bonds. The van der Waals surface area contributed by atoms with Gasteiger partial charge < -0.3 is 9.47 Å². The summed E-state index contributed by atoms with van der Waals surface area (Å²) >= 11 is 0. The number of nitrogens with zero attached hydrogens (tertiary/aromatic N) is 3. The first-order valence-corrected chi connectivity index (χ1v) is 9.40. The van der Waals surface area contributed by atoms with Gasteiger partial charge in [0.25, 0.3) is 0 Å². The van der Waals surface area contributed by atoms with Gasteiger partial charge in [-0.25, -0.2) is 0 Å². The topological polar surface area (TPSA) is 47.5 Å². The number of allylic oxidation sites excluding steroid dienone is 3. The molecular weight excluding hydrogens is 314 g/mol. The van der Waals surface area contributed by atoms with Crippen molar-refractivity contribution in [2.75, 3.05) is 26.2 Å². The summed E-state index contributed by atoms with van der Waals surface area (Å²) in [5.74, 6) is 2.73. The van der Waals surface area contributed by atoms with Gasteiger partial charge in [-0.05, 0) is 44.4 Å². The van der Waals surface area contributed by atoms with Crippen LogP contribution >= 0.6 is 0 Å². The van der Waals surface area contributed by atoms with Gasteiger partial charge in [0.2, 0.25) is 11.8 Å². The molecule has 3 atom stereocenters. The number of hydrogen-bond donors (Lipinski definition) is 0. The van der Waals surface area contributed by atoms with E-state index in [-0.39, 0.29) is 6.10 Å². The summed E-state index contributed by atoms with van der Waals surface area (Å²) in [6.07, 6.45) is 11.1. The Balaban J connectivity index is 1.56. The molecule has 1 aromatic heterocycles. The quantitative estimate of drug-likeness (QED) is 0.642. The predicted molar refractivity (Wildman–Crippen MR) is 98.8 cm³/mol. The zero-order valence-electron chi connectivity index (χ0n) is 15.1. The van der Waals surface area contributed by atoms with Crippen LogP contribution in [0.15, 0.2) is 36.9 Å². The third kappa shape index (κ3) is 5.05. The summed E-state index contributed by atoms with van der Waals surface area (Å²) in [6, 6.07) is 3.65. The van der Waals surface area contributed by atoms with Crippen molar-refractivity contribution in [1.82, 2.24) is 15.1 Å². The molecule has 1 aromatic rings. The van der Waals surface area contributed by atoms with E-state index in [0.717, 1.165) is 31.2 Å². The van der Waals surface area contributed by atoms with Gasteiger partial charge in [0.1, 0.15) is 6.10 Å². The fraction of sp³-hybridized carbons (Fsp3) is 0.600. The second kappa shape index (κ2) is 8.99. The maximum Gasteiger partial charge on any atom is 0.233 e. The lowest BCUT2D eigenvalue weighted by molar-refractivity contribution is 0.130. The van der Waals surface area contributed by atoms with Gasteiger partial charge in [0.15, 0.2) is 0 Å². The Labute approximate surface area is 150 Å². The van der Waals surface area contributed by atoms with Crippen LogP contribution in [0, 0.1) is 11.8 Å². The lowest BCUT2D eigenvalue weighted by Gasteiger charge is -2.24. The van der Waals surface area contributed by atoms with E-state index in [1.54, 1.807) is 0 Å². The summed E-state index contributed by atoms with van der Waals surface area (Å²) in [4.78, 5) is 2.55. The molecule has 0 radical (unpaired) electrons. The molecule has 0 aromatic carbocycles. The van der Waals surface area contributed by atoms with Crippen molar-refractivity contribution in [2.45, 2.75) is 38.7 Å². The van der Waals surface area contributed by atoms with Crippen LogP contribution in [0.3, 0.4) is 0 Å². The summed E-state index contributed by atoms with van der Waals surface area (Å²) in [5, 5.41) is 8.19. The maximum absolute atomic E-state index is 6.13. The maximum atomic E-state index is 6.13. The molecule has 0 bridgehead atoms. The average Bonchev–Trinajstić information content (AvgIpc) is 3.04. The molecule has 136 valence electrons. The summed E-state index contributed by atoms with van der Waals surface area (Å²) in [6.45, 7) is 9.66. The number of likely N-dealkylation sites (tertiary alicyclic amines) is 1. The number of hydrogen-bond acceptors (Lipinski definition) is 5. The predicted octanol–water partition coefficient (Wildman–Crippen LogP) is 3.49. The Kier molecular flexibility index (Phi) is 6.45. The largest absolute Gasteiger partial charge is 0.477 e. The molecule has 0 unspecified atom stereocenters. The van der Waals surface area contributed by atoms with Crippen LogP contribution in [-0.4, -0.2) is 47.4 Å². The molecule has 3 rings (SSSR count). The summed E-state index contributed by atoms with van der Waals surface area (Å²) in [7, 11) is 0. The standard InChI is InChI=1S/C20H29N3O2/c1-3-5-10-18(25-20-12-11-19(21-22-20)24-4-2)15-23-13-16-8-6-7-9-17(16)14-23/h3,6-7,11-12,16-18H,1,4-5,8-10,13-15H2,2H3/t16-,17+,18-/m1/s1. The minimum atomic E-state index is 0.110. The Morgan fingerprint density at radius 3 is 2.48 bits per heavy atom. The van der Waals surface area contributed by atoms with E-state index in [9.17, 15) is 0 Å². The molecule has 0 saturated carbocycles. The Morgan fingerprint density at radius 2 is 1.88 bits per heavy atom. The zero-order chi connectivity index (χ0) is 17.5. The van der Waals surface area contributed by atoms with Crippen molar-refractivity contribution < 1.29 is 9.47 Å². The number of rotatable bonds is 9. The lowest BCUT2D eigenvalue weighted by atomic mass is 9.86. The van der Waals surface area contributed by atoms with E-state index in [1.807, 2.05) is 25.1 Å². The van der Waals surface area contributed by atoms with Crippen molar-refractivity contribution in [3.05, 3.63) is 36.9 Å². The molecule has 0 N–H and O–H groups in total. The van der Waals surface area contributed by atoms with Gasteiger partial charge in [-0.3, -0.25) is 4.90 Å². The van der Waals surface area contributed by atoms with E-state index in [1.165, 1.54) is 25.9 Å². The molecular formula is C20H29N3O2. The van der Waals surface area contributed by atoms with E-state index in [2.05, 4.69) is 33.8 Å². The SMILES string of the molecule is C=CCC[C@H](CN1C[C@H]2CC=CC[C@H]2C1)Oc1ccc(OCC)nn1. The van der Waals surface area contributed by atoms with Crippen molar-refractivity contribution in [2.24, 2.45) is 11.8 Å². The van der Waals surface area contributed by atoms with Gasteiger partial charge >= 0.3 is 0 Å². The minimum Gasteiger partial charge on any atom is -0.477 e. The third-order valence-corrected chi connectivity index (χ3v) is 5.05. The highest BCUT2D eigenvalue weighted by molar-refractivity contribution is 5.15. The fourth-order valence-corrected chi connectivity index (χ4v) is 3.81. The van der Waals surface area contributed by atoms with Gasteiger partial charge in [-0.15, -0.1) is 16.8 Å². The van der Waals surface area contributed by atoms with E-state index in [0.29, 0.717) is 18.4 Å². The van der Waals surface area contributed by atoms with Crippen LogP contribution in [0.2, 0.25) is 0 Å². The Morgan fingerprint density at radius 1 is 1.20 bits per heavy atom. The average molecular weight is 343 g/mol. The molecule has 25 heavy (non-hydrogen) atoms. The summed E-state index contributed by atoms with van der Waals surface area (Å²) in [5.41, 5.74) is 0. The summed E-state index contributed by atoms with van der Waals surface area (Å²) < 4.78 is 11.5. The monoisotopic (exact) mass is 343 g/mol. The van der Waals surface area contributed by atoms with Crippen LogP contribution in [0.1, 0.15) is 32.6 Å².